The lowest BCUT2D eigenvalue weighted by Gasteiger charge is -2.46. The molecule has 4 rings (SSSR count). The number of carbonyl (C=O) groups is 2. The first-order valence-corrected chi connectivity index (χ1v) is 22.7. The van der Waals surface area contributed by atoms with Crippen LogP contribution in [0.4, 0.5) is 22.0 Å². The average Bonchev–Trinajstić information content (AvgIpc) is 3.25. The summed E-state index contributed by atoms with van der Waals surface area (Å²) in [5.41, 5.74) is 2.60. The van der Waals surface area contributed by atoms with Gasteiger partial charge in [0.25, 0.3) is 0 Å². The van der Waals surface area contributed by atoms with Crippen molar-refractivity contribution in [1.29, 1.82) is 0 Å². The fourth-order valence-electron chi connectivity index (χ4n) is 9.02. The molecule has 1 N–H and O–H groups in total. The summed E-state index contributed by atoms with van der Waals surface area (Å²) in [7, 11) is 1.54. The summed E-state index contributed by atoms with van der Waals surface area (Å²) >= 11 is 0. The lowest BCUT2D eigenvalue weighted by atomic mass is 9.58. The molecule has 5 nitrogen and oxygen atoms in total. The molecule has 290 valence electrons. The van der Waals surface area contributed by atoms with E-state index in [1.165, 1.54) is 32.7 Å². The first-order chi connectivity index (χ1) is 24.3. The number of aliphatic hydroxyl groups excluding tert-OH is 1. The van der Waals surface area contributed by atoms with Crippen LogP contribution in [0.25, 0.3) is 0 Å². The molecule has 0 spiro atoms. The summed E-state index contributed by atoms with van der Waals surface area (Å²) in [6.07, 6.45) is 7.65. The molecule has 0 aliphatic heterocycles. The number of aldehydes is 1. The molecule has 0 radical (unpaired) electrons. The predicted octanol–water partition coefficient (Wildman–Crippen LogP) is 10.2. The first kappa shape index (κ1) is 42.6. The maximum absolute atomic E-state index is 13.0. The molecule has 0 aromatic heterocycles. The van der Waals surface area contributed by atoms with Gasteiger partial charge in [-0.1, -0.05) is 79.5 Å². The number of alkyl halides is 5. The molecule has 13 heteroatoms. The van der Waals surface area contributed by atoms with Crippen LogP contribution in [0.3, 0.4) is 0 Å². The van der Waals surface area contributed by atoms with E-state index < -0.39 is 35.7 Å². The number of esters is 1. The lowest BCUT2D eigenvalue weighted by molar-refractivity contribution is -0.284. The molecule has 2 saturated carbocycles. The van der Waals surface area contributed by atoms with Gasteiger partial charge in [-0.25, -0.2) is 0 Å². The van der Waals surface area contributed by atoms with Crippen LogP contribution in [0.5, 0.6) is 5.75 Å². The van der Waals surface area contributed by atoms with E-state index in [0.29, 0.717) is 53.1 Å². The maximum atomic E-state index is 13.0. The van der Waals surface area contributed by atoms with E-state index >= 15 is 0 Å². The Hall–Kier alpha value is -1.18. The molecule has 2 fully saturated rings. The summed E-state index contributed by atoms with van der Waals surface area (Å²) < 4.78 is 80.8. The number of rotatable bonds is 21. The third-order valence-electron chi connectivity index (χ3n) is 11.6. The Balaban J connectivity index is 1.25. The normalized spacial score (nSPS) is 26.8. The zero-order valence-corrected chi connectivity index (χ0v) is 32.2. The lowest BCUT2D eigenvalue weighted by Crippen LogP contribution is -2.41. The highest BCUT2D eigenvalue weighted by Gasteiger charge is 2.57. The molecule has 3 aliphatic carbocycles. The number of aliphatic hydroxyl groups is 1. The number of benzene rings is 1. The fourth-order valence-corrected chi connectivity index (χ4v) is 11.8. The Morgan fingerprint density at radius 1 is 1.00 bits per heavy atom. The van der Waals surface area contributed by atoms with Crippen molar-refractivity contribution >= 4 is 44.6 Å². The number of unbranched alkanes of at least 4 members (excludes halogenated alkanes) is 6. The molecular weight excluding hydrogens is 728 g/mol. The van der Waals surface area contributed by atoms with Crippen LogP contribution < -0.4 is 4.74 Å². The Bertz CT molecular complexity index is 1300. The Morgan fingerprint density at radius 3 is 2.43 bits per heavy atom. The molecule has 0 bridgehead atoms. The predicted molar refractivity (Wildman–Crippen MR) is 197 cm³/mol. The standard InChI is InChI=1S/C38H55F5O5S3/c1-36-18-9-12-31-30-14-13-29(48-34(46)17-21-49-50-22-20-44)26-28(30)25-27(35(31)32(36)15-16-33(36)45)11-7-5-3-2-4-6-8-23-51(47)24-10-19-37(39,40)38(41,42)43/h13-14,20,26-27,31-33,35,45H,2-12,15-19,21-25H2,1H3/t27-,31?,32?,33?,35-,36+,51?/m1/s1. The second kappa shape index (κ2) is 19.9. The number of fused-ring (bicyclic) bond motifs is 5. The van der Waals surface area contributed by atoms with Gasteiger partial charge in [0, 0.05) is 34.5 Å². The van der Waals surface area contributed by atoms with Gasteiger partial charge >= 0.3 is 18.1 Å². The second-order valence-corrected chi connectivity index (χ2v) is 19.3. The van der Waals surface area contributed by atoms with Crippen LogP contribution in [0, 0.1) is 23.2 Å². The second-order valence-electron chi connectivity index (χ2n) is 15.0. The largest absolute Gasteiger partial charge is 0.453 e. The molecule has 4 unspecified atom stereocenters. The number of halogens is 5. The number of carbonyl (C=O) groups excluding carboxylic acids is 2. The van der Waals surface area contributed by atoms with E-state index in [9.17, 15) is 40.9 Å². The van der Waals surface area contributed by atoms with Gasteiger partial charge in [0.2, 0.25) is 0 Å². The van der Waals surface area contributed by atoms with Crippen LogP contribution in [-0.4, -0.2) is 62.8 Å². The third-order valence-corrected chi connectivity index (χ3v) is 15.3. The Labute approximate surface area is 310 Å². The van der Waals surface area contributed by atoms with Crippen LogP contribution in [0.2, 0.25) is 0 Å². The van der Waals surface area contributed by atoms with Crippen molar-refractivity contribution in [3.8, 4) is 5.75 Å². The third kappa shape index (κ3) is 11.9. The Morgan fingerprint density at radius 2 is 1.71 bits per heavy atom. The van der Waals surface area contributed by atoms with Crippen molar-refractivity contribution in [3.63, 3.8) is 0 Å². The number of hydrogen-bond donors (Lipinski definition) is 1. The van der Waals surface area contributed by atoms with Crippen molar-refractivity contribution in [1.82, 2.24) is 0 Å². The summed E-state index contributed by atoms with van der Waals surface area (Å²) in [5, 5.41) is 11.1. The van der Waals surface area contributed by atoms with E-state index in [2.05, 4.69) is 19.1 Å². The monoisotopic (exact) mass is 782 g/mol. The quantitative estimate of drug-likeness (QED) is 0.0332. The molecule has 0 saturated heterocycles. The molecule has 0 amide bonds. The summed E-state index contributed by atoms with van der Waals surface area (Å²) in [6, 6.07) is 6.19. The van der Waals surface area contributed by atoms with Crippen molar-refractivity contribution in [2.75, 3.05) is 23.0 Å². The van der Waals surface area contributed by atoms with Crippen molar-refractivity contribution in [2.24, 2.45) is 23.2 Å². The minimum Gasteiger partial charge on any atom is -0.426 e. The molecule has 1 aromatic rings. The number of hydrogen-bond acceptors (Lipinski definition) is 7. The highest BCUT2D eigenvalue weighted by molar-refractivity contribution is 8.76. The van der Waals surface area contributed by atoms with Gasteiger partial charge in [-0.3, -0.25) is 9.00 Å². The van der Waals surface area contributed by atoms with Gasteiger partial charge in [0.1, 0.15) is 12.0 Å². The van der Waals surface area contributed by atoms with Crippen LogP contribution in [-0.2, 0) is 26.8 Å². The first-order valence-electron chi connectivity index (χ1n) is 18.8. The highest BCUT2D eigenvalue weighted by atomic mass is 33.1. The van der Waals surface area contributed by atoms with Crippen molar-refractivity contribution < 1.29 is 45.6 Å². The van der Waals surface area contributed by atoms with Gasteiger partial charge in [0.15, 0.2) is 0 Å². The smallest absolute Gasteiger partial charge is 0.426 e. The molecular formula is C38H55F5O5S3. The zero-order chi connectivity index (χ0) is 37.1. The van der Waals surface area contributed by atoms with Gasteiger partial charge in [-0.2, -0.15) is 22.0 Å². The van der Waals surface area contributed by atoms with E-state index in [1.807, 2.05) is 6.07 Å². The van der Waals surface area contributed by atoms with E-state index in [1.54, 1.807) is 0 Å². The van der Waals surface area contributed by atoms with Gasteiger partial charge in [-0.05, 0) is 104 Å². The van der Waals surface area contributed by atoms with Gasteiger partial charge < -0.3 is 14.6 Å². The van der Waals surface area contributed by atoms with Gasteiger partial charge in [0.05, 0.1) is 18.3 Å². The molecule has 3 aliphatic rings. The number of ether oxygens (including phenoxy) is 1. The molecule has 51 heavy (non-hydrogen) atoms. The summed E-state index contributed by atoms with van der Waals surface area (Å²) in [4.78, 5) is 23.1. The fraction of sp³-hybridized carbons (Fsp3) is 0.789. The SMILES string of the molecule is C[C@]12CCCC3c4ccc(OC(=O)CCSSCC=O)cc4C[C@@H](CCCCCCCCCS(=O)CCCC(F)(F)C(F)(F)F)[C@H]3C1CCC2O. The van der Waals surface area contributed by atoms with Gasteiger partial charge in [-0.15, -0.1) is 0 Å². The summed E-state index contributed by atoms with van der Waals surface area (Å²) in [5.74, 6) is -1.32. The minimum absolute atomic E-state index is 0.0511. The van der Waals surface area contributed by atoms with Crippen molar-refractivity contribution in [3.05, 3.63) is 29.3 Å². The van der Waals surface area contributed by atoms with E-state index in [4.69, 9.17) is 4.74 Å². The van der Waals surface area contributed by atoms with Crippen LogP contribution in [0.1, 0.15) is 127 Å². The molecule has 0 heterocycles. The highest BCUT2D eigenvalue weighted by Crippen LogP contribution is 2.61. The Kier molecular flexibility index (Phi) is 16.6. The van der Waals surface area contributed by atoms with Crippen molar-refractivity contribution in [2.45, 2.75) is 140 Å². The summed E-state index contributed by atoms with van der Waals surface area (Å²) in [6.45, 7) is 2.31. The average molecular weight is 783 g/mol. The zero-order valence-electron chi connectivity index (χ0n) is 29.7. The van der Waals surface area contributed by atoms with E-state index in [0.717, 1.165) is 89.8 Å². The molecule has 7 atom stereocenters. The molecule has 1 aromatic carbocycles. The van der Waals surface area contributed by atoms with E-state index in [-0.39, 0.29) is 29.7 Å². The van der Waals surface area contributed by atoms with Crippen LogP contribution in [0.15, 0.2) is 18.2 Å². The minimum atomic E-state index is -5.56. The topological polar surface area (TPSA) is 80.7 Å². The maximum Gasteiger partial charge on any atom is 0.453 e. The van der Waals surface area contributed by atoms with Crippen LogP contribution >= 0.6 is 21.6 Å².